The molecule has 5 nitrogen and oxygen atoms in total. The number of aromatic nitrogens is 1. The number of hydrogen-bond acceptors (Lipinski definition) is 4. The van der Waals surface area contributed by atoms with Crippen LogP contribution in [-0.2, 0) is 4.74 Å². The number of carbonyl (C=O) groups is 1. The summed E-state index contributed by atoms with van der Waals surface area (Å²) in [4.78, 5) is 17.7. The molecule has 112 valence electrons. The van der Waals surface area contributed by atoms with Crippen molar-refractivity contribution in [2.75, 3.05) is 13.1 Å². The summed E-state index contributed by atoms with van der Waals surface area (Å²) in [5.41, 5.74) is 1.67. The number of fused-ring (bicyclic) bond motifs is 1. The fourth-order valence-electron chi connectivity index (χ4n) is 2.87. The molecule has 1 saturated heterocycles. The van der Waals surface area contributed by atoms with Crippen LogP contribution in [0, 0.1) is 4.84 Å². The Morgan fingerprint density at radius 1 is 1.48 bits per heavy atom. The molecule has 0 radical (unpaired) electrons. The maximum Gasteiger partial charge on any atom is 0.266 e. The van der Waals surface area contributed by atoms with Gasteiger partial charge >= 0.3 is 0 Å². The topological polar surface area (TPSA) is 58.5 Å². The lowest BCUT2D eigenvalue weighted by molar-refractivity contribution is -0.118. The fourth-order valence-corrected chi connectivity index (χ4v) is 3.07. The molecule has 0 spiro atoms. The van der Waals surface area contributed by atoms with Crippen molar-refractivity contribution in [1.82, 2.24) is 9.88 Å². The van der Waals surface area contributed by atoms with Crippen LogP contribution in [0.1, 0.15) is 31.1 Å². The van der Waals surface area contributed by atoms with Gasteiger partial charge in [-0.1, -0.05) is 0 Å². The highest BCUT2D eigenvalue weighted by Gasteiger charge is 2.34. The van der Waals surface area contributed by atoms with E-state index >= 15 is 0 Å². The molecule has 21 heavy (non-hydrogen) atoms. The van der Waals surface area contributed by atoms with E-state index in [1.54, 1.807) is 12.1 Å². The highest BCUT2D eigenvalue weighted by molar-refractivity contribution is 7.71. The first-order valence-electron chi connectivity index (χ1n) is 6.94. The normalized spacial score (nSPS) is 21.7. The number of morpholine rings is 1. The summed E-state index contributed by atoms with van der Waals surface area (Å²) >= 11 is 4.96. The largest absolute Gasteiger partial charge is 0.429 e. The van der Waals surface area contributed by atoms with Crippen molar-refractivity contribution in [3.63, 3.8) is 0 Å². The Labute approximate surface area is 127 Å². The van der Waals surface area contributed by atoms with Crippen LogP contribution >= 0.6 is 12.2 Å². The zero-order valence-corrected chi connectivity index (χ0v) is 13.1. The zero-order chi connectivity index (χ0) is 15.2. The summed E-state index contributed by atoms with van der Waals surface area (Å²) in [5, 5.41) is 0. The van der Waals surface area contributed by atoms with Gasteiger partial charge < -0.3 is 19.0 Å². The van der Waals surface area contributed by atoms with E-state index < -0.39 is 0 Å². The Balaban J connectivity index is 1.90. The Kier molecular flexibility index (Phi) is 3.37. The van der Waals surface area contributed by atoms with Gasteiger partial charge in [0.15, 0.2) is 5.58 Å². The molecule has 1 amide bonds. The van der Waals surface area contributed by atoms with Crippen LogP contribution in [0.3, 0.4) is 0 Å². The second-order valence-electron chi connectivity index (χ2n) is 6.10. The summed E-state index contributed by atoms with van der Waals surface area (Å²) in [6.45, 7) is 7.14. The van der Waals surface area contributed by atoms with Crippen LogP contribution in [0.4, 0.5) is 0 Å². The van der Waals surface area contributed by atoms with Gasteiger partial charge in [-0.3, -0.25) is 4.79 Å². The molecule has 1 aliphatic rings. The van der Waals surface area contributed by atoms with Gasteiger partial charge in [0.1, 0.15) is 0 Å². The SMILES string of the molecule is CC1CN(C(=O)c2ccc3[nH]c(=S)oc3c2)CC(C)(C)O1. The quantitative estimate of drug-likeness (QED) is 0.822. The Hall–Kier alpha value is -1.66. The minimum absolute atomic E-state index is 0.0116. The number of H-pyrrole nitrogens is 1. The van der Waals surface area contributed by atoms with Crippen molar-refractivity contribution in [3.05, 3.63) is 28.6 Å². The molecule has 0 saturated carbocycles. The molecule has 1 fully saturated rings. The first-order valence-corrected chi connectivity index (χ1v) is 7.35. The first kappa shape index (κ1) is 14.3. The molecule has 0 bridgehead atoms. The molecule has 1 unspecified atom stereocenters. The number of benzene rings is 1. The summed E-state index contributed by atoms with van der Waals surface area (Å²) in [7, 11) is 0. The third kappa shape index (κ3) is 2.87. The Morgan fingerprint density at radius 3 is 2.95 bits per heavy atom. The molecule has 2 heterocycles. The smallest absolute Gasteiger partial charge is 0.266 e. The van der Waals surface area contributed by atoms with Crippen molar-refractivity contribution < 1.29 is 13.9 Å². The zero-order valence-electron chi connectivity index (χ0n) is 12.3. The van der Waals surface area contributed by atoms with Crippen LogP contribution in [0.15, 0.2) is 22.6 Å². The molecule has 1 aliphatic heterocycles. The molecule has 1 aromatic heterocycles. The molecular formula is C15H18N2O3S. The van der Waals surface area contributed by atoms with Crippen molar-refractivity contribution in [3.8, 4) is 0 Å². The van der Waals surface area contributed by atoms with E-state index in [4.69, 9.17) is 21.4 Å². The number of amides is 1. The minimum atomic E-state index is -0.330. The van der Waals surface area contributed by atoms with Gasteiger partial charge in [-0.2, -0.15) is 0 Å². The lowest BCUT2D eigenvalue weighted by Crippen LogP contribution is -2.53. The number of ether oxygens (including phenoxy) is 1. The Morgan fingerprint density at radius 2 is 2.24 bits per heavy atom. The van der Waals surface area contributed by atoms with Crippen molar-refractivity contribution in [2.45, 2.75) is 32.5 Å². The molecule has 1 atom stereocenters. The lowest BCUT2D eigenvalue weighted by Gasteiger charge is -2.41. The second kappa shape index (κ2) is 4.96. The number of carbonyl (C=O) groups excluding carboxylic acids is 1. The summed E-state index contributed by atoms with van der Waals surface area (Å²) in [6.07, 6.45) is 0.0256. The van der Waals surface area contributed by atoms with Gasteiger partial charge in [0.2, 0.25) is 0 Å². The standard InChI is InChI=1S/C15H18N2O3S/c1-9-7-17(8-15(2,3)20-9)13(18)10-4-5-11-12(6-10)19-14(21)16-11/h4-6,9H,7-8H2,1-3H3,(H,16,21). The number of nitrogens with zero attached hydrogens (tertiary/aromatic N) is 1. The molecule has 2 aromatic rings. The average Bonchev–Trinajstić information content (AvgIpc) is 2.74. The lowest BCUT2D eigenvalue weighted by atomic mass is 10.0. The van der Waals surface area contributed by atoms with Gasteiger partial charge in [0.05, 0.1) is 17.2 Å². The molecule has 1 aromatic carbocycles. The van der Waals surface area contributed by atoms with Crippen LogP contribution in [0.25, 0.3) is 11.1 Å². The predicted octanol–water partition coefficient (Wildman–Crippen LogP) is 3.13. The second-order valence-corrected chi connectivity index (χ2v) is 6.47. The van der Waals surface area contributed by atoms with E-state index in [0.29, 0.717) is 29.1 Å². The van der Waals surface area contributed by atoms with Crippen LogP contribution < -0.4 is 0 Å². The molecule has 0 aliphatic carbocycles. The van der Waals surface area contributed by atoms with Crippen molar-refractivity contribution in [2.24, 2.45) is 0 Å². The summed E-state index contributed by atoms with van der Waals surface area (Å²) < 4.78 is 11.2. The monoisotopic (exact) mass is 306 g/mol. The van der Waals surface area contributed by atoms with E-state index in [1.807, 2.05) is 31.7 Å². The average molecular weight is 306 g/mol. The van der Waals surface area contributed by atoms with E-state index in [2.05, 4.69) is 4.98 Å². The molecule has 1 N–H and O–H groups in total. The van der Waals surface area contributed by atoms with E-state index in [9.17, 15) is 4.79 Å². The number of oxazole rings is 1. The van der Waals surface area contributed by atoms with Crippen molar-refractivity contribution >= 4 is 29.2 Å². The summed E-state index contributed by atoms with van der Waals surface area (Å²) in [6, 6.07) is 5.34. The first-order chi connectivity index (χ1) is 9.84. The van der Waals surface area contributed by atoms with E-state index in [-0.39, 0.29) is 17.6 Å². The third-order valence-electron chi connectivity index (χ3n) is 3.52. The number of hydrogen-bond donors (Lipinski definition) is 1. The van der Waals surface area contributed by atoms with Gasteiger partial charge in [-0.25, -0.2) is 0 Å². The number of rotatable bonds is 1. The predicted molar refractivity (Wildman–Crippen MR) is 81.9 cm³/mol. The van der Waals surface area contributed by atoms with Gasteiger partial charge in [-0.05, 0) is 51.2 Å². The highest BCUT2D eigenvalue weighted by Crippen LogP contribution is 2.23. The maximum atomic E-state index is 12.7. The molecule has 6 heteroatoms. The number of aromatic amines is 1. The van der Waals surface area contributed by atoms with Gasteiger partial charge in [0, 0.05) is 18.7 Å². The summed E-state index contributed by atoms with van der Waals surface area (Å²) in [5.74, 6) is -0.0116. The van der Waals surface area contributed by atoms with Crippen molar-refractivity contribution in [1.29, 1.82) is 0 Å². The minimum Gasteiger partial charge on any atom is -0.429 e. The molecular weight excluding hydrogens is 288 g/mol. The maximum absolute atomic E-state index is 12.7. The third-order valence-corrected chi connectivity index (χ3v) is 3.71. The molecule has 3 rings (SSSR count). The Bertz CT molecular complexity index is 747. The van der Waals surface area contributed by atoms with Crippen LogP contribution in [0.5, 0.6) is 0 Å². The highest BCUT2D eigenvalue weighted by atomic mass is 32.1. The van der Waals surface area contributed by atoms with E-state index in [0.717, 1.165) is 5.52 Å². The van der Waals surface area contributed by atoms with Crippen LogP contribution in [-0.4, -0.2) is 40.6 Å². The van der Waals surface area contributed by atoms with E-state index in [1.165, 1.54) is 0 Å². The fraction of sp³-hybridized carbons (Fsp3) is 0.467. The van der Waals surface area contributed by atoms with Gasteiger partial charge in [-0.15, -0.1) is 0 Å². The van der Waals surface area contributed by atoms with Gasteiger partial charge in [0.25, 0.3) is 10.7 Å². The number of nitrogens with one attached hydrogen (secondary N) is 1. The van der Waals surface area contributed by atoms with Crippen LogP contribution in [0.2, 0.25) is 0 Å².